The van der Waals surface area contributed by atoms with Crippen LogP contribution in [-0.4, -0.2) is 28.5 Å². The first kappa shape index (κ1) is 16.2. The summed E-state index contributed by atoms with van der Waals surface area (Å²) in [6.45, 7) is 8.98. The summed E-state index contributed by atoms with van der Waals surface area (Å²) in [7, 11) is -0.892. The molecule has 4 heteroatoms. The summed E-state index contributed by atoms with van der Waals surface area (Å²) in [5, 5.41) is 20.1. The van der Waals surface area contributed by atoms with Crippen molar-refractivity contribution in [1.82, 2.24) is 0 Å². The van der Waals surface area contributed by atoms with Crippen LogP contribution in [0.3, 0.4) is 0 Å². The minimum absolute atomic E-state index is 0.203. The molecule has 0 unspecified atom stereocenters. The molecule has 0 aliphatic heterocycles. The molecule has 0 bridgehead atoms. The van der Waals surface area contributed by atoms with E-state index in [1.54, 1.807) is 27.7 Å². The van der Waals surface area contributed by atoms with Crippen LogP contribution in [-0.2, 0) is 4.65 Å². The third-order valence-electron chi connectivity index (χ3n) is 3.83. The van der Waals surface area contributed by atoms with Gasteiger partial charge in [-0.25, -0.2) is 0 Å². The van der Waals surface area contributed by atoms with Crippen molar-refractivity contribution in [2.75, 3.05) is 0 Å². The summed E-state index contributed by atoms with van der Waals surface area (Å²) in [4.78, 5) is 0. The molecule has 2 N–H and O–H groups in total. The van der Waals surface area contributed by atoms with Gasteiger partial charge < -0.3 is 14.8 Å². The van der Waals surface area contributed by atoms with E-state index in [2.05, 4.69) is 6.92 Å². The topological polar surface area (TPSA) is 49.7 Å². The van der Waals surface area contributed by atoms with Crippen LogP contribution < -0.4 is 0 Å². The van der Waals surface area contributed by atoms with E-state index in [1.165, 1.54) is 5.56 Å². The number of hydrogen-bond donors (Lipinski definition) is 2. The van der Waals surface area contributed by atoms with Gasteiger partial charge in [0.05, 0.1) is 11.2 Å². The second-order valence-electron chi connectivity index (χ2n) is 6.19. The third kappa shape index (κ3) is 4.64. The second-order valence-corrected chi connectivity index (χ2v) is 6.19. The van der Waals surface area contributed by atoms with Gasteiger partial charge in [-0.2, -0.15) is 0 Å². The highest BCUT2D eigenvalue weighted by Gasteiger charge is 2.39. The predicted molar refractivity (Wildman–Crippen MR) is 79.1 cm³/mol. The van der Waals surface area contributed by atoms with Crippen molar-refractivity contribution in [1.29, 1.82) is 0 Å². The van der Waals surface area contributed by atoms with E-state index >= 15 is 0 Å². The zero-order valence-electron chi connectivity index (χ0n) is 12.6. The third-order valence-corrected chi connectivity index (χ3v) is 3.83. The molecule has 1 atom stereocenters. The fourth-order valence-electron chi connectivity index (χ4n) is 1.75. The second kappa shape index (κ2) is 6.08. The van der Waals surface area contributed by atoms with Crippen molar-refractivity contribution in [3.05, 3.63) is 35.9 Å². The highest BCUT2D eigenvalue weighted by molar-refractivity contribution is 6.43. The lowest BCUT2D eigenvalue weighted by Crippen LogP contribution is -2.50. The molecule has 0 fully saturated rings. The highest BCUT2D eigenvalue weighted by atomic mass is 16.5. The molecule has 0 saturated carbocycles. The molecule has 0 saturated heterocycles. The molecule has 0 amide bonds. The van der Waals surface area contributed by atoms with Crippen LogP contribution in [0.5, 0.6) is 0 Å². The lowest BCUT2D eigenvalue weighted by atomic mass is 9.74. The van der Waals surface area contributed by atoms with E-state index in [-0.39, 0.29) is 5.92 Å². The van der Waals surface area contributed by atoms with Crippen LogP contribution in [0.2, 0.25) is 6.32 Å². The lowest BCUT2D eigenvalue weighted by molar-refractivity contribution is -0.100. The van der Waals surface area contributed by atoms with Gasteiger partial charge in [-0.15, -0.1) is 0 Å². The van der Waals surface area contributed by atoms with Gasteiger partial charge in [-0.05, 0) is 45.5 Å². The van der Waals surface area contributed by atoms with Gasteiger partial charge in [-0.3, -0.25) is 0 Å². The minimum atomic E-state index is -1.01. The molecule has 0 spiro atoms. The predicted octanol–water partition coefficient (Wildman–Crippen LogP) is 2.84. The molecule has 106 valence electrons. The maximum absolute atomic E-state index is 10.0. The Hall–Kier alpha value is -0.835. The maximum atomic E-state index is 10.0. The van der Waals surface area contributed by atoms with Crippen molar-refractivity contribution in [2.24, 2.45) is 0 Å². The summed E-state index contributed by atoms with van der Waals surface area (Å²) in [6, 6.07) is 10.0. The quantitative estimate of drug-likeness (QED) is 0.777. The fraction of sp³-hybridized carbons (Fsp3) is 0.600. The van der Waals surface area contributed by atoms with Gasteiger partial charge in [0.1, 0.15) is 0 Å². The van der Waals surface area contributed by atoms with Crippen molar-refractivity contribution in [2.45, 2.75) is 58.1 Å². The first-order valence-corrected chi connectivity index (χ1v) is 6.76. The van der Waals surface area contributed by atoms with E-state index < -0.39 is 18.3 Å². The average molecular weight is 264 g/mol. The Morgan fingerprint density at radius 2 is 1.68 bits per heavy atom. The van der Waals surface area contributed by atoms with E-state index in [1.807, 2.05) is 30.3 Å². The standard InChI is InChI=1S/C15H25BO3/c1-12(13-9-7-6-8-10-13)11-16(18)19-15(4,5)14(2,3)17/h6-10,12,17-18H,11H2,1-5H3/t12-/m0/s1. The summed E-state index contributed by atoms with van der Waals surface area (Å²) >= 11 is 0. The number of aliphatic hydroxyl groups is 1. The number of rotatable bonds is 6. The maximum Gasteiger partial charge on any atom is 0.455 e. The minimum Gasteiger partial charge on any atom is -0.427 e. The van der Waals surface area contributed by atoms with E-state index in [0.29, 0.717) is 6.32 Å². The Labute approximate surface area is 116 Å². The van der Waals surface area contributed by atoms with Crippen molar-refractivity contribution < 1.29 is 14.8 Å². The van der Waals surface area contributed by atoms with E-state index in [0.717, 1.165) is 0 Å². The fourth-order valence-corrected chi connectivity index (χ4v) is 1.75. The van der Waals surface area contributed by atoms with E-state index in [4.69, 9.17) is 4.65 Å². The molecule has 3 nitrogen and oxygen atoms in total. The summed E-state index contributed by atoms with van der Waals surface area (Å²) in [5.74, 6) is 0.203. The Bertz CT molecular complexity index is 384. The molecular weight excluding hydrogens is 239 g/mol. The SMILES string of the molecule is C[C@@H](CB(O)OC(C)(C)C(C)(C)O)c1ccccc1. The van der Waals surface area contributed by atoms with Gasteiger partial charge >= 0.3 is 7.12 Å². The van der Waals surface area contributed by atoms with Gasteiger partial charge in [0.25, 0.3) is 0 Å². The molecule has 1 aromatic rings. The molecule has 19 heavy (non-hydrogen) atoms. The molecule has 0 aliphatic carbocycles. The van der Waals surface area contributed by atoms with Gasteiger partial charge in [0, 0.05) is 0 Å². The monoisotopic (exact) mass is 264 g/mol. The van der Waals surface area contributed by atoms with Crippen LogP contribution in [0.15, 0.2) is 30.3 Å². The average Bonchev–Trinajstić information content (AvgIpc) is 2.27. The Balaban J connectivity index is 2.59. The van der Waals surface area contributed by atoms with Crippen molar-refractivity contribution >= 4 is 7.12 Å². The molecule has 1 aromatic carbocycles. The zero-order chi connectivity index (χ0) is 14.7. The Morgan fingerprint density at radius 3 is 2.16 bits per heavy atom. The van der Waals surface area contributed by atoms with Crippen LogP contribution in [0.25, 0.3) is 0 Å². The Morgan fingerprint density at radius 1 is 1.16 bits per heavy atom. The molecule has 0 radical (unpaired) electrons. The molecule has 1 rings (SSSR count). The summed E-state index contributed by atoms with van der Waals surface area (Å²) < 4.78 is 5.60. The Kier molecular flexibility index (Phi) is 5.19. The number of hydrogen-bond acceptors (Lipinski definition) is 3. The molecular formula is C15H25BO3. The molecule has 0 heterocycles. The van der Waals surface area contributed by atoms with E-state index in [9.17, 15) is 10.1 Å². The largest absolute Gasteiger partial charge is 0.455 e. The van der Waals surface area contributed by atoms with Crippen molar-refractivity contribution in [3.8, 4) is 0 Å². The summed E-state index contributed by atoms with van der Waals surface area (Å²) in [5.41, 5.74) is -0.640. The number of benzene rings is 1. The normalized spacial score (nSPS) is 14.3. The lowest BCUT2D eigenvalue weighted by Gasteiger charge is -2.38. The van der Waals surface area contributed by atoms with Gasteiger partial charge in [0.2, 0.25) is 0 Å². The first-order valence-electron chi connectivity index (χ1n) is 6.76. The van der Waals surface area contributed by atoms with Crippen LogP contribution in [0, 0.1) is 0 Å². The first-order chi connectivity index (χ1) is 8.63. The molecule has 0 aliphatic rings. The smallest absolute Gasteiger partial charge is 0.427 e. The van der Waals surface area contributed by atoms with Gasteiger partial charge in [0.15, 0.2) is 0 Å². The van der Waals surface area contributed by atoms with Gasteiger partial charge in [-0.1, -0.05) is 37.3 Å². The van der Waals surface area contributed by atoms with Crippen molar-refractivity contribution in [3.63, 3.8) is 0 Å². The zero-order valence-corrected chi connectivity index (χ0v) is 12.6. The highest BCUT2D eigenvalue weighted by Crippen LogP contribution is 2.28. The van der Waals surface area contributed by atoms with Crippen LogP contribution >= 0.6 is 0 Å². The van der Waals surface area contributed by atoms with Crippen LogP contribution in [0.4, 0.5) is 0 Å². The molecule has 0 aromatic heterocycles. The summed E-state index contributed by atoms with van der Waals surface area (Å²) in [6.07, 6.45) is 0.503. The van der Waals surface area contributed by atoms with Crippen LogP contribution in [0.1, 0.15) is 46.1 Å².